The summed E-state index contributed by atoms with van der Waals surface area (Å²) in [7, 11) is 1.93. The van der Waals surface area contributed by atoms with Crippen molar-refractivity contribution >= 4 is 0 Å². The number of rotatable bonds is 6. The maximum absolute atomic E-state index is 6.06. The zero-order valence-electron chi connectivity index (χ0n) is 13.6. The molecule has 1 aromatic heterocycles. The van der Waals surface area contributed by atoms with Crippen molar-refractivity contribution in [2.24, 2.45) is 7.05 Å². The first kappa shape index (κ1) is 15.6. The molecular formula is C17H25N3O. The third-order valence-electron chi connectivity index (χ3n) is 3.78. The third-order valence-corrected chi connectivity index (χ3v) is 3.78. The van der Waals surface area contributed by atoms with Gasteiger partial charge in [-0.2, -0.15) is 5.10 Å². The van der Waals surface area contributed by atoms with Gasteiger partial charge >= 0.3 is 0 Å². The van der Waals surface area contributed by atoms with E-state index in [1.165, 1.54) is 5.56 Å². The van der Waals surface area contributed by atoms with Gasteiger partial charge in [-0.15, -0.1) is 0 Å². The Balaban J connectivity index is 2.25. The van der Waals surface area contributed by atoms with Crippen molar-refractivity contribution < 1.29 is 4.74 Å². The molecule has 21 heavy (non-hydrogen) atoms. The molecule has 2 aromatic rings. The van der Waals surface area contributed by atoms with E-state index in [2.05, 4.69) is 36.4 Å². The minimum Gasteiger partial charge on any atom is -0.453 e. The van der Waals surface area contributed by atoms with Gasteiger partial charge in [0.05, 0.1) is 5.69 Å². The Morgan fingerprint density at radius 1 is 1.29 bits per heavy atom. The van der Waals surface area contributed by atoms with Gasteiger partial charge in [0.25, 0.3) is 0 Å². The van der Waals surface area contributed by atoms with Gasteiger partial charge in [-0.3, -0.25) is 4.68 Å². The molecular weight excluding hydrogens is 262 g/mol. The normalized spacial score (nSPS) is 12.4. The predicted molar refractivity (Wildman–Crippen MR) is 85.9 cm³/mol. The summed E-state index contributed by atoms with van der Waals surface area (Å²) < 4.78 is 7.91. The van der Waals surface area contributed by atoms with Gasteiger partial charge in [-0.25, -0.2) is 0 Å². The minimum atomic E-state index is 0.370. The molecule has 0 saturated carbocycles. The van der Waals surface area contributed by atoms with Crippen molar-refractivity contribution in [2.45, 2.75) is 40.2 Å². The molecule has 0 saturated heterocycles. The van der Waals surface area contributed by atoms with Crippen LogP contribution in [-0.4, -0.2) is 16.3 Å². The van der Waals surface area contributed by atoms with E-state index >= 15 is 0 Å². The fourth-order valence-electron chi connectivity index (χ4n) is 2.56. The van der Waals surface area contributed by atoms with Crippen LogP contribution >= 0.6 is 0 Å². The van der Waals surface area contributed by atoms with Crippen LogP contribution in [0.2, 0.25) is 0 Å². The summed E-state index contributed by atoms with van der Waals surface area (Å²) in [5.74, 6) is 1.72. The van der Waals surface area contributed by atoms with E-state index in [0.29, 0.717) is 6.04 Å². The average molecular weight is 287 g/mol. The molecule has 4 heteroatoms. The molecule has 1 aromatic carbocycles. The van der Waals surface area contributed by atoms with Crippen LogP contribution in [0.3, 0.4) is 0 Å². The molecule has 0 amide bonds. The first-order valence-corrected chi connectivity index (χ1v) is 7.58. The van der Waals surface area contributed by atoms with Crippen LogP contribution in [0.1, 0.15) is 43.3 Å². The lowest BCUT2D eigenvalue weighted by atomic mass is 10.0. The van der Waals surface area contributed by atoms with Crippen molar-refractivity contribution in [3.8, 4) is 11.5 Å². The van der Waals surface area contributed by atoms with Gasteiger partial charge < -0.3 is 10.1 Å². The highest BCUT2D eigenvalue weighted by molar-refractivity contribution is 5.39. The molecule has 0 aliphatic rings. The Hall–Kier alpha value is -1.81. The Bertz CT molecular complexity index is 604. The van der Waals surface area contributed by atoms with Crippen molar-refractivity contribution in [1.82, 2.24) is 15.1 Å². The number of nitrogens with one attached hydrogen (secondary N) is 1. The highest BCUT2D eigenvalue weighted by Gasteiger charge is 2.13. The molecule has 4 nitrogen and oxygen atoms in total. The summed E-state index contributed by atoms with van der Waals surface area (Å²) in [5, 5.41) is 7.88. The highest BCUT2D eigenvalue weighted by atomic mass is 16.5. The monoisotopic (exact) mass is 287 g/mol. The van der Waals surface area contributed by atoms with Gasteiger partial charge in [0.1, 0.15) is 11.4 Å². The Morgan fingerprint density at radius 2 is 2.05 bits per heavy atom. The largest absolute Gasteiger partial charge is 0.453 e. The van der Waals surface area contributed by atoms with Crippen LogP contribution in [0, 0.1) is 13.8 Å². The molecule has 114 valence electrons. The fourth-order valence-corrected chi connectivity index (χ4v) is 2.56. The number of ether oxygens (including phenoxy) is 1. The first-order valence-electron chi connectivity index (χ1n) is 7.58. The van der Waals surface area contributed by atoms with E-state index in [4.69, 9.17) is 4.74 Å². The van der Waals surface area contributed by atoms with Gasteiger partial charge in [0.15, 0.2) is 5.75 Å². The molecule has 0 aliphatic carbocycles. The summed E-state index contributed by atoms with van der Waals surface area (Å²) in [4.78, 5) is 0. The second-order valence-corrected chi connectivity index (χ2v) is 5.32. The molecule has 0 spiro atoms. The lowest BCUT2D eigenvalue weighted by molar-refractivity contribution is 0.470. The molecule has 0 fully saturated rings. The number of hydrogen-bond donors (Lipinski definition) is 1. The smallest absolute Gasteiger partial charge is 0.171 e. The minimum absolute atomic E-state index is 0.370. The summed E-state index contributed by atoms with van der Waals surface area (Å²) in [6, 6.07) is 8.67. The molecule has 0 bridgehead atoms. The van der Waals surface area contributed by atoms with Crippen LogP contribution in [0.4, 0.5) is 0 Å². The summed E-state index contributed by atoms with van der Waals surface area (Å²) in [6.07, 6.45) is 1.06. The van der Waals surface area contributed by atoms with Gasteiger partial charge in [0, 0.05) is 13.1 Å². The molecule has 1 N–H and O–H groups in total. The van der Waals surface area contributed by atoms with Crippen LogP contribution in [-0.2, 0) is 7.05 Å². The molecule has 1 unspecified atom stereocenters. The molecule has 0 aliphatic heterocycles. The number of aromatic nitrogens is 2. The molecule has 1 atom stereocenters. The van der Waals surface area contributed by atoms with Gasteiger partial charge in [-0.05, 0) is 44.5 Å². The Morgan fingerprint density at radius 3 is 2.62 bits per heavy atom. The number of hydrogen-bond acceptors (Lipinski definition) is 3. The lowest BCUT2D eigenvalue weighted by Crippen LogP contribution is -2.19. The Kier molecular flexibility index (Phi) is 5.02. The quantitative estimate of drug-likeness (QED) is 0.876. The molecule has 1 heterocycles. The van der Waals surface area contributed by atoms with Crippen LogP contribution in [0.15, 0.2) is 24.3 Å². The number of nitrogens with zero attached hydrogens (tertiary/aromatic N) is 2. The van der Waals surface area contributed by atoms with E-state index in [9.17, 15) is 0 Å². The van der Waals surface area contributed by atoms with Crippen molar-refractivity contribution in [1.29, 1.82) is 0 Å². The zero-order valence-corrected chi connectivity index (χ0v) is 13.6. The number of aryl methyl sites for hydroxylation is 2. The topological polar surface area (TPSA) is 39.1 Å². The predicted octanol–water partition coefficient (Wildman–Crippen LogP) is 3.89. The van der Waals surface area contributed by atoms with E-state index in [-0.39, 0.29) is 0 Å². The fraction of sp³-hybridized carbons (Fsp3) is 0.471. The van der Waals surface area contributed by atoms with Crippen molar-refractivity contribution in [2.75, 3.05) is 6.54 Å². The SMILES string of the molecule is CCNC(CC)c1cccc(Oc2c(C)nn(C)c2C)c1. The standard InChI is InChI=1S/C17H25N3O/c1-6-16(18-7-2)14-9-8-10-15(11-14)21-17-12(3)19-20(5)13(17)4/h8-11,16,18H,6-7H2,1-5H3. The maximum atomic E-state index is 6.06. The average Bonchev–Trinajstić information content (AvgIpc) is 2.71. The summed E-state index contributed by atoms with van der Waals surface area (Å²) >= 11 is 0. The Labute approximate surface area is 127 Å². The van der Waals surface area contributed by atoms with Gasteiger partial charge in [0.2, 0.25) is 0 Å². The van der Waals surface area contributed by atoms with E-state index < -0.39 is 0 Å². The number of benzene rings is 1. The van der Waals surface area contributed by atoms with Crippen LogP contribution in [0.5, 0.6) is 11.5 Å². The van der Waals surface area contributed by atoms with Crippen molar-refractivity contribution in [3.63, 3.8) is 0 Å². The summed E-state index contributed by atoms with van der Waals surface area (Å²) in [5.41, 5.74) is 3.21. The van der Waals surface area contributed by atoms with E-state index in [1.807, 2.05) is 37.7 Å². The van der Waals surface area contributed by atoms with Gasteiger partial charge in [-0.1, -0.05) is 26.0 Å². The highest BCUT2D eigenvalue weighted by Crippen LogP contribution is 2.29. The third kappa shape index (κ3) is 3.45. The molecule has 2 rings (SSSR count). The molecule has 0 radical (unpaired) electrons. The van der Waals surface area contributed by atoms with E-state index in [1.54, 1.807) is 0 Å². The zero-order chi connectivity index (χ0) is 15.4. The van der Waals surface area contributed by atoms with E-state index in [0.717, 1.165) is 35.9 Å². The van der Waals surface area contributed by atoms with Crippen LogP contribution in [0.25, 0.3) is 0 Å². The first-order chi connectivity index (χ1) is 10.1. The second-order valence-electron chi connectivity index (χ2n) is 5.32. The lowest BCUT2D eigenvalue weighted by Gasteiger charge is -2.17. The second kappa shape index (κ2) is 6.76. The summed E-state index contributed by atoms with van der Waals surface area (Å²) in [6.45, 7) is 9.28. The maximum Gasteiger partial charge on any atom is 0.171 e. The van der Waals surface area contributed by atoms with Crippen molar-refractivity contribution in [3.05, 3.63) is 41.2 Å². The van der Waals surface area contributed by atoms with Crippen LogP contribution < -0.4 is 10.1 Å².